The van der Waals surface area contributed by atoms with E-state index in [4.69, 9.17) is 4.74 Å². The molecule has 0 radical (unpaired) electrons. The lowest BCUT2D eigenvalue weighted by molar-refractivity contribution is -0.144. The molecule has 0 bridgehead atoms. The minimum absolute atomic E-state index is 0.588. The summed E-state index contributed by atoms with van der Waals surface area (Å²) in [5.41, 5.74) is -0.249. The van der Waals surface area contributed by atoms with Crippen LogP contribution in [0.2, 0.25) is 0 Å². The Morgan fingerprint density at radius 3 is 1.68 bits per heavy atom. The van der Waals surface area contributed by atoms with Crippen LogP contribution in [0, 0.1) is 0 Å². The van der Waals surface area contributed by atoms with E-state index in [-0.39, 0.29) is 0 Å². The monoisotopic (exact) mass is 254 g/mol. The predicted octanol–water partition coefficient (Wildman–Crippen LogP) is 3.34. The van der Waals surface area contributed by atoms with E-state index in [1.807, 2.05) is 12.1 Å². The first kappa shape index (κ1) is 11.7. The summed E-state index contributed by atoms with van der Waals surface area (Å²) in [6, 6.07) is 17.8. The summed E-state index contributed by atoms with van der Waals surface area (Å²) in [4.78, 5) is 11.5. The Balaban J connectivity index is 2.24. The van der Waals surface area contributed by atoms with Crippen LogP contribution < -0.4 is 0 Å². The minimum atomic E-state index is -1.44. The van der Waals surface area contributed by atoms with Crippen LogP contribution in [0.1, 0.15) is 11.1 Å². The highest BCUT2D eigenvalue weighted by molar-refractivity contribution is 5.87. The van der Waals surface area contributed by atoms with Gasteiger partial charge in [0, 0.05) is 11.1 Å². The van der Waals surface area contributed by atoms with Gasteiger partial charge >= 0.3 is 5.97 Å². The Morgan fingerprint density at radius 1 is 0.842 bits per heavy atom. The lowest BCUT2D eigenvalue weighted by Crippen LogP contribution is -2.29. The molecule has 0 atom stereocenters. The SMILES string of the molecule is O=C1C=C(F)C(c2ccccc2)(c2ccccc2)O1. The maximum Gasteiger partial charge on any atom is 0.335 e. The highest BCUT2D eigenvalue weighted by Gasteiger charge is 2.47. The van der Waals surface area contributed by atoms with Crippen molar-refractivity contribution in [1.82, 2.24) is 0 Å². The van der Waals surface area contributed by atoms with Crippen molar-refractivity contribution in [3.05, 3.63) is 83.7 Å². The molecule has 0 spiro atoms. The van der Waals surface area contributed by atoms with Crippen LogP contribution in [0.3, 0.4) is 0 Å². The third kappa shape index (κ3) is 1.74. The number of halogens is 1. The molecule has 0 saturated carbocycles. The predicted molar refractivity (Wildman–Crippen MR) is 68.9 cm³/mol. The van der Waals surface area contributed by atoms with Gasteiger partial charge in [0.1, 0.15) is 0 Å². The first-order valence-corrected chi connectivity index (χ1v) is 5.95. The second-order valence-corrected chi connectivity index (χ2v) is 4.33. The van der Waals surface area contributed by atoms with Gasteiger partial charge in [-0.3, -0.25) is 0 Å². The molecule has 0 fully saturated rings. The Bertz CT molecular complexity index is 593. The normalized spacial score (nSPS) is 16.9. The molecule has 3 heteroatoms. The van der Waals surface area contributed by atoms with Crippen LogP contribution in [0.4, 0.5) is 4.39 Å². The van der Waals surface area contributed by atoms with Crippen LogP contribution in [0.5, 0.6) is 0 Å². The molecule has 3 rings (SSSR count). The second kappa shape index (κ2) is 4.35. The zero-order valence-electron chi connectivity index (χ0n) is 10.0. The molecule has 0 unspecified atom stereocenters. The number of esters is 1. The van der Waals surface area contributed by atoms with Crippen LogP contribution in [-0.2, 0) is 15.1 Å². The Hall–Kier alpha value is -2.42. The van der Waals surface area contributed by atoms with Gasteiger partial charge in [0.15, 0.2) is 5.83 Å². The van der Waals surface area contributed by atoms with E-state index < -0.39 is 17.4 Å². The maximum absolute atomic E-state index is 14.4. The first-order valence-electron chi connectivity index (χ1n) is 5.95. The van der Waals surface area contributed by atoms with Gasteiger partial charge in [-0.1, -0.05) is 60.7 Å². The number of carbonyl (C=O) groups excluding carboxylic acids is 1. The number of cyclic esters (lactones) is 1. The summed E-state index contributed by atoms with van der Waals surface area (Å²) < 4.78 is 19.7. The molecule has 94 valence electrons. The van der Waals surface area contributed by atoms with Crippen LogP contribution in [-0.4, -0.2) is 5.97 Å². The van der Waals surface area contributed by atoms with E-state index in [9.17, 15) is 9.18 Å². The van der Waals surface area contributed by atoms with Gasteiger partial charge in [-0.25, -0.2) is 9.18 Å². The molecule has 1 aliphatic heterocycles. The highest BCUT2D eigenvalue weighted by atomic mass is 19.1. The molecule has 0 aliphatic carbocycles. The number of carbonyl (C=O) groups is 1. The van der Waals surface area contributed by atoms with E-state index >= 15 is 0 Å². The number of hydrogen-bond donors (Lipinski definition) is 0. The van der Waals surface area contributed by atoms with Gasteiger partial charge in [0.25, 0.3) is 0 Å². The lowest BCUT2D eigenvalue weighted by Gasteiger charge is -2.28. The topological polar surface area (TPSA) is 26.3 Å². The summed E-state index contributed by atoms with van der Waals surface area (Å²) in [7, 11) is 0. The van der Waals surface area contributed by atoms with E-state index in [1.165, 1.54) is 0 Å². The summed E-state index contributed by atoms with van der Waals surface area (Å²) in [5, 5.41) is 0. The lowest BCUT2D eigenvalue weighted by atomic mass is 9.85. The van der Waals surface area contributed by atoms with E-state index in [1.54, 1.807) is 48.5 Å². The zero-order valence-corrected chi connectivity index (χ0v) is 10.0. The average molecular weight is 254 g/mol. The van der Waals surface area contributed by atoms with Crippen molar-refractivity contribution < 1.29 is 13.9 Å². The fraction of sp³-hybridized carbons (Fsp3) is 0.0625. The zero-order chi connectivity index (χ0) is 13.3. The van der Waals surface area contributed by atoms with Gasteiger partial charge in [0.05, 0.1) is 6.08 Å². The molecule has 0 saturated heterocycles. The number of rotatable bonds is 2. The molecule has 2 nitrogen and oxygen atoms in total. The van der Waals surface area contributed by atoms with Crippen LogP contribution in [0.15, 0.2) is 72.6 Å². The Morgan fingerprint density at radius 2 is 1.32 bits per heavy atom. The largest absolute Gasteiger partial charge is 0.438 e. The third-order valence-electron chi connectivity index (χ3n) is 3.20. The minimum Gasteiger partial charge on any atom is -0.438 e. The molecule has 1 heterocycles. The molecule has 19 heavy (non-hydrogen) atoms. The number of benzene rings is 2. The van der Waals surface area contributed by atoms with Crippen LogP contribution >= 0.6 is 0 Å². The summed E-state index contributed by atoms with van der Waals surface area (Å²) in [5.74, 6) is -1.25. The maximum atomic E-state index is 14.4. The van der Waals surface area contributed by atoms with Crippen molar-refractivity contribution in [2.45, 2.75) is 5.60 Å². The van der Waals surface area contributed by atoms with Gasteiger partial charge < -0.3 is 4.74 Å². The third-order valence-corrected chi connectivity index (χ3v) is 3.20. The molecule has 2 aromatic carbocycles. The van der Waals surface area contributed by atoms with Crippen molar-refractivity contribution in [3.63, 3.8) is 0 Å². The van der Waals surface area contributed by atoms with E-state index in [0.717, 1.165) is 6.08 Å². The molecule has 2 aromatic rings. The van der Waals surface area contributed by atoms with Gasteiger partial charge in [0.2, 0.25) is 5.60 Å². The van der Waals surface area contributed by atoms with Crippen molar-refractivity contribution in [3.8, 4) is 0 Å². The highest BCUT2D eigenvalue weighted by Crippen LogP contribution is 2.44. The molecule has 1 aliphatic rings. The average Bonchev–Trinajstić information content (AvgIpc) is 2.76. The molecule has 0 amide bonds. The number of hydrogen-bond acceptors (Lipinski definition) is 2. The fourth-order valence-corrected chi connectivity index (χ4v) is 2.34. The quantitative estimate of drug-likeness (QED) is 0.768. The Kier molecular flexibility index (Phi) is 2.67. The number of ether oxygens (including phenoxy) is 1. The van der Waals surface area contributed by atoms with Crippen molar-refractivity contribution in [2.24, 2.45) is 0 Å². The van der Waals surface area contributed by atoms with Crippen molar-refractivity contribution >= 4 is 5.97 Å². The standard InChI is InChI=1S/C16H11FO2/c17-14-11-15(18)19-16(14,12-7-3-1-4-8-12)13-9-5-2-6-10-13/h1-11H. The van der Waals surface area contributed by atoms with E-state index in [0.29, 0.717) is 11.1 Å². The van der Waals surface area contributed by atoms with Gasteiger partial charge in [-0.15, -0.1) is 0 Å². The second-order valence-electron chi connectivity index (χ2n) is 4.33. The summed E-state index contributed by atoms with van der Waals surface area (Å²) >= 11 is 0. The molecular formula is C16H11FO2. The molecule has 0 aromatic heterocycles. The fourth-order valence-electron chi connectivity index (χ4n) is 2.34. The Labute approximate surface area is 110 Å². The first-order chi connectivity index (χ1) is 9.23. The van der Waals surface area contributed by atoms with Gasteiger partial charge in [-0.2, -0.15) is 0 Å². The summed E-state index contributed by atoms with van der Waals surface area (Å²) in [6.07, 6.45) is 0.903. The molecule has 0 N–H and O–H groups in total. The van der Waals surface area contributed by atoms with Crippen molar-refractivity contribution in [1.29, 1.82) is 0 Å². The summed E-state index contributed by atoms with van der Waals surface area (Å²) in [6.45, 7) is 0. The van der Waals surface area contributed by atoms with E-state index in [2.05, 4.69) is 0 Å². The molecular weight excluding hydrogens is 243 g/mol. The van der Waals surface area contributed by atoms with Gasteiger partial charge in [-0.05, 0) is 0 Å². The smallest absolute Gasteiger partial charge is 0.335 e. The van der Waals surface area contributed by atoms with Crippen molar-refractivity contribution in [2.75, 3.05) is 0 Å². The van der Waals surface area contributed by atoms with Crippen LogP contribution in [0.25, 0.3) is 0 Å².